The molecule has 2 aromatic heterocycles. The van der Waals surface area contributed by atoms with Crippen molar-refractivity contribution in [2.75, 3.05) is 0 Å². The number of furan rings is 2. The van der Waals surface area contributed by atoms with Crippen LogP contribution in [0.25, 0.3) is 43.9 Å². The van der Waals surface area contributed by atoms with Crippen molar-refractivity contribution in [3.8, 4) is 0 Å². The summed E-state index contributed by atoms with van der Waals surface area (Å²) in [5.74, 6) is 0. The van der Waals surface area contributed by atoms with Gasteiger partial charge in [0.05, 0.1) is 11.2 Å². The van der Waals surface area contributed by atoms with Gasteiger partial charge in [0.2, 0.25) is 0 Å². The topological polar surface area (TPSA) is 44.7 Å². The van der Waals surface area contributed by atoms with Crippen LogP contribution in [0.3, 0.4) is 0 Å². The van der Waals surface area contributed by atoms with Crippen LogP contribution < -0.4 is 5.46 Å². The van der Waals surface area contributed by atoms with Gasteiger partial charge in [-0.15, -0.1) is 0 Å². The minimum Gasteiger partial charge on any atom is -0.452 e. The summed E-state index contributed by atoms with van der Waals surface area (Å²) in [7, 11) is -0.413. The number of rotatable bonds is 1. The number of hydrogen-bond donors (Lipinski definition) is 0. The maximum absolute atomic E-state index is 6.29. The number of hydrogen-bond acceptors (Lipinski definition) is 4. The zero-order valence-corrected chi connectivity index (χ0v) is 16.9. The molecule has 1 aliphatic heterocycles. The lowest BCUT2D eigenvalue weighted by Crippen LogP contribution is -2.41. The van der Waals surface area contributed by atoms with Crippen LogP contribution in [0.15, 0.2) is 63.4 Å². The summed E-state index contributed by atoms with van der Waals surface area (Å²) >= 11 is 0. The van der Waals surface area contributed by atoms with Gasteiger partial charge in [0.25, 0.3) is 0 Å². The van der Waals surface area contributed by atoms with Crippen molar-refractivity contribution >= 4 is 56.5 Å². The van der Waals surface area contributed by atoms with Crippen LogP contribution in [-0.4, -0.2) is 18.3 Å². The lowest BCUT2D eigenvalue weighted by molar-refractivity contribution is 0.00578. The van der Waals surface area contributed by atoms with Gasteiger partial charge >= 0.3 is 7.12 Å². The van der Waals surface area contributed by atoms with E-state index in [9.17, 15) is 0 Å². The summed E-state index contributed by atoms with van der Waals surface area (Å²) in [6, 6.07) is 18.4. The van der Waals surface area contributed by atoms with Crippen molar-refractivity contribution in [2.45, 2.75) is 38.9 Å². The van der Waals surface area contributed by atoms with E-state index in [1.165, 1.54) is 0 Å². The molecule has 29 heavy (non-hydrogen) atoms. The van der Waals surface area contributed by atoms with Crippen LogP contribution >= 0.6 is 0 Å². The highest BCUT2D eigenvalue weighted by Crippen LogP contribution is 2.39. The Balaban J connectivity index is 1.54. The van der Waals surface area contributed by atoms with Gasteiger partial charge < -0.3 is 18.1 Å². The Morgan fingerprint density at radius 2 is 1.17 bits per heavy atom. The van der Waals surface area contributed by atoms with Gasteiger partial charge in [-0.05, 0) is 57.4 Å². The molecule has 6 rings (SSSR count). The molecule has 1 fully saturated rings. The van der Waals surface area contributed by atoms with E-state index in [0.29, 0.717) is 0 Å². The summed E-state index contributed by atoms with van der Waals surface area (Å²) in [5, 5.41) is 4.27. The maximum atomic E-state index is 6.29. The van der Waals surface area contributed by atoms with Crippen LogP contribution in [0.4, 0.5) is 0 Å². The van der Waals surface area contributed by atoms with Gasteiger partial charge in [-0.1, -0.05) is 30.3 Å². The van der Waals surface area contributed by atoms with E-state index in [1.807, 2.05) is 24.3 Å². The van der Waals surface area contributed by atoms with Crippen LogP contribution in [0, 0.1) is 0 Å². The van der Waals surface area contributed by atoms with Crippen molar-refractivity contribution in [3.63, 3.8) is 0 Å². The molecule has 0 amide bonds. The molecule has 0 radical (unpaired) electrons. The molecule has 0 spiro atoms. The highest BCUT2D eigenvalue weighted by atomic mass is 16.7. The first-order valence-corrected chi connectivity index (χ1v) is 9.96. The Morgan fingerprint density at radius 3 is 1.86 bits per heavy atom. The standard InChI is InChI=1S/C24H21BO4/c1-23(2)24(3,4)29-25(28-23)14-9-10-16-18-12-11-17-15-7-5-6-8-19(15)26-21(17)22(18)27-20(16)13-14/h5-13H,1-4H3. The molecule has 144 valence electrons. The van der Waals surface area contributed by atoms with E-state index in [2.05, 4.69) is 58.0 Å². The third kappa shape index (κ3) is 2.29. The molecule has 3 heterocycles. The zero-order chi connectivity index (χ0) is 20.0. The van der Waals surface area contributed by atoms with Crippen molar-refractivity contribution < 1.29 is 18.1 Å². The van der Waals surface area contributed by atoms with Gasteiger partial charge in [0.15, 0.2) is 11.2 Å². The minimum atomic E-state index is -0.413. The molecule has 0 unspecified atom stereocenters. The fraction of sp³-hybridized carbons (Fsp3) is 0.250. The number of benzene rings is 3. The average molecular weight is 384 g/mol. The second-order valence-electron chi connectivity index (χ2n) is 8.86. The molecular formula is C24H21BO4. The van der Waals surface area contributed by atoms with Gasteiger partial charge in [-0.2, -0.15) is 0 Å². The first-order valence-electron chi connectivity index (χ1n) is 9.96. The Labute approximate surface area is 168 Å². The van der Waals surface area contributed by atoms with E-state index in [-0.39, 0.29) is 11.2 Å². The van der Waals surface area contributed by atoms with E-state index in [1.54, 1.807) is 0 Å². The quantitative estimate of drug-likeness (QED) is 0.344. The SMILES string of the molecule is CC1(C)OB(c2ccc3c(c2)oc2c3ccc3c4ccccc4oc32)OC1(C)C. The monoisotopic (exact) mass is 384 g/mol. The lowest BCUT2D eigenvalue weighted by Gasteiger charge is -2.32. The fourth-order valence-corrected chi connectivity index (χ4v) is 4.16. The van der Waals surface area contributed by atoms with E-state index in [4.69, 9.17) is 18.1 Å². The Bertz CT molecular complexity index is 1410. The summed E-state index contributed by atoms with van der Waals surface area (Å²) in [6.45, 7) is 8.24. The minimum absolute atomic E-state index is 0.374. The van der Waals surface area contributed by atoms with Crippen LogP contribution in [0.1, 0.15) is 27.7 Å². The molecule has 3 aromatic carbocycles. The van der Waals surface area contributed by atoms with Gasteiger partial charge in [0, 0.05) is 21.5 Å². The Morgan fingerprint density at radius 1 is 0.621 bits per heavy atom. The molecule has 1 aliphatic rings. The molecular weight excluding hydrogens is 363 g/mol. The first kappa shape index (κ1) is 17.1. The van der Waals surface area contributed by atoms with E-state index in [0.717, 1.165) is 49.3 Å². The van der Waals surface area contributed by atoms with E-state index < -0.39 is 7.12 Å². The van der Waals surface area contributed by atoms with Crippen molar-refractivity contribution in [3.05, 3.63) is 54.6 Å². The molecule has 4 nitrogen and oxygen atoms in total. The van der Waals surface area contributed by atoms with Gasteiger partial charge in [-0.25, -0.2) is 0 Å². The normalized spacial score (nSPS) is 18.6. The predicted octanol–water partition coefficient (Wildman–Crippen LogP) is 5.78. The summed E-state index contributed by atoms with van der Waals surface area (Å²) in [5.41, 5.74) is 3.45. The molecule has 0 saturated carbocycles. The van der Waals surface area contributed by atoms with Crippen molar-refractivity contribution in [1.29, 1.82) is 0 Å². The van der Waals surface area contributed by atoms with Crippen molar-refractivity contribution in [2.24, 2.45) is 0 Å². The smallest absolute Gasteiger partial charge is 0.452 e. The lowest BCUT2D eigenvalue weighted by atomic mass is 9.79. The third-order valence-corrected chi connectivity index (χ3v) is 6.53. The summed E-state index contributed by atoms with van der Waals surface area (Å²) in [4.78, 5) is 0. The second kappa shape index (κ2) is 5.44. The molecule has 5 aromatic rings. The zero-order valence-electron chi connectivity index (χ0n) is 16.9. The molecule has 1 saturated heterocycles. The first-order chi connectivity index (χ1) is 13.8. The maximum Gasteiger partial charge on any atom is 0.494 e. The highest BCUT2D eigenvalue weighted by Gasteiger charge is 2.51. The van der Waals surface area contributed by atoms with Gasteiger partial charge in [0.1, 0.15) is 11.2 Å². The van der Waals surface area contributed by atoms with E-state index >= 15 is 0 Å². The average Bonchev–Trinajstić information content (AvgIpc) is 3.30. The highest BCUT2D eigenvalue weighted by molar-refractivity contribution is 6.62. The number of fused-ring (bicyclic) bond motifs is 7. The summed E-state index contributed by atoms with van der Waals surface area (Å²) in [6.07, 6.45) is 0. The second-order valence-corrected chi connectivity index (χ2v) is 8.86. The van der Waals surface area contributed by atoms with Crippen molar-refractivity contribution in [1.82, 2.24) is 0 Å². The van der Waals surface area contributed by atoms with Crippen LogP contribution in [-0.2, 0) is 9.31 Å². The Kier molecular flexibility index (Phi) is 3.21. The Hall–Kier alpha value is -2.76. The molecule has 0 atom stereocenters. The number of para-hydroxylation sites is 1. The van der Waals surface area contributed by atoms with Crippen LogP contribution in [0.2, 0.25) is 0 Å². The molecule has 0 N–H and O–H groups in total. The van der Waals surface area contributed by atoms with Crippen LogP contribution in [0.5, 0.6) is 0 Å². The third-order valence-electron chi connectivity index (χ3n) is 6.53. The fourth-order valence-electron chi connectivity index (χ4n) is 4.16. The predicted molar refractivity (Wildman–Crippen MR) is 117 cm³/mol. The summed E-state index contributed by atoms with van der Waals surface area (Å²) < 4.78 is 24.8. The largest absolute Gasteiger partial charge is 0.494 e. The molecule has 0 aliphatic carbocycles. The van der Waals surface area contributed by atoms with Gasteiger partial charge in [-0.3, -0.25) is 0 Å². The molecule has 5 heteroatoms. The molecule has 0 bridgehead atoms.